The highest BCUT2D eigenvalue weighted by molar-refractivity contribution is 5.73. The zero-order valence-electron chi connectivity index (χ0n) is 14.5. The van der Waals surface area contributed by atoms with Crippen molar-refractivity contribution in [3.05, 3.63) is 23.9 Å². The van der Waals surface area contributed by atoms with Gasteiger partial charge in [0, 0.05) is 52.4 Å². The van der Waals surface area contributed by atoms with Gasteiger partial charge in [-0.05, 0) is 49.9 Å². The maximum absolute atomic E-state index is 11.5. The van der Waals surface area contributed by atoms with Crippen molar-refractivity contribution in [2.24, 2.45) is 0 Å². The smallest absolute Gasteiger partial charge is 0.219 e. The Hall–Kier alpha value is -1.62. The number of amides is 1. The summed E-state index contributed by atoms with van der Waals surface area (Å²) in [5.41, 5.74) is 1.38. The Morgan fingerprint density at radius 2 is 1.96 bits per heavy atom. The molecule has 0 saturated carbocycles. The minimum atomic E-state index is 0.214. The number of carbonyl (C=O) groups is 1. The van der Waals surface area contributed by atoms with Crippen LogP contribution in [0.3, 0.4) is 0 Å². The first-order valence-electron chi connectivity index (χ1n) is 8.71. The van der Waals surface area contributed by atoms with Gasteiger partial charge in [0.25, 0.3) is 0 Å². The largest absolute Gasteiger partial charge is 0.363 e. The first-order valence-corrected chi connectivity index (χ1v) is 8.71. The molecule has 0 spiro atoms. The van der Waals surface area contributed by atoms with Crippen LogP contribution in [0.1, 0.15) is 44.2 Å². The number of piperidine rings is 1. The van der Waals surface area contributed by atoms with E-state index in [0.717, 1.165) is 31.7 Å². The van der Waals surface area contributed by atoms with Crippen molar-refractivity contribution >= 4 is 11.7 Å². The second-order valence-electron chi connectivity index (χ2n) is 6.97. The lowest BCUT2D eigenvalue weighted by Crippen LogP contribution is -2.45. The monoisotopic (exact) mass is 316 g/mol. The molecule has 0 aliphatic carbocycles. The van der Waals surface area contributed by atoms with Crippen molar-refractivity contribution in [1.82, 2.24) is 14.8 Å². The molecule has 1 atom stereocenters. The Bertz CT molecular complexity index is 552. The summed E-state index contributed by atoms with van der Waals surface area (Å²) in [4.78, 5) is 22.7. The number of hydrogen-bond acceptors (Lipinski definition) is 4. The van der Waals surface area contributed by atoms with Crippen molar-refractivity contribution in [2.75, 3.05) is 38.6 Å². The standard InChI is InChI=1S/C18H28N4O/c1-14(23)21-11-7-16(8-12-21)22-10-4-5-17(22)15-6-9-19-18(13-15)20(2)3/h6,9,13,16-17H,4-5,7-8,10-12H2,1-3H3. The number of anilines is 1. The number of aromatic nitrogens is 1. The number of likely N-dealkylation sites (tertiary alicyclic amines) is 2. The van der Waals surface area contributed by atoms with E-state index >= 15 is 0 Å². The van der Waals surface area contributed by atoms with Crippen molar-refractivity contribution in [2.45, 2.75) is 44.7 Å². The van der Waals surface area contributed by atoms with E-state index in [9.17, 15) is 4.79 Å². The molecule has 5 heteroatoms. The molecule has 2 aliphatic rings. The van der Waals surface area contributed by atoms with Gasteiger partial charge in [0.05, 0.1) is 0 Å². The molecular weight excluding hydrogens is 288 g/mol. The Labute approximate surface area is 139 Å². The summed E-state index contributed by atoms with van der Waals surface area (Å²) in [7, 11) is 4.08. The number of hydrogen-bond donors (Lipinski definition) is 0. The minimum absolute atomic E-state index is 0.214. The fraction of sp³-hybridized carbons (Fsp3) is 0.667. The van der Waals surface area contributed by atoms with Crippen LogP contribution < -0.4 is 4.90 Å². The number of nitrogens with zero attached hydrogens (tertiary/aromatic N) is 4. The van der Waals surface area contributed by atoms with Gasteiger partial charge < -0.3 is 9.80 Å². The normalized spacial score (nSPS) is 23.3. The molecule has 23 heavy (non-hydrogen) atoms. The van der Waals surface area contributed by atoms with Gasteiger partial charge in [-0.15, -0.1) is 0 Å². The van der Waals surface area contributed by atoms with Crippen LogP contribution in [0, 0.1) is 0 Å². The summed E-state index contributed by atoms with van der Waals surface area (Å²) in [5.74, 6) is 1.24. The van der Waals surface area contributed by atoms with E-state index in [1.54, 1.807) is 6.92 Å². The van der Waals surface area contributed by atoms with Gasteiger partial charge in [-0.2, -0.15) is 0 Å². The molecular formula is C18H28N4O. The number of rotatable bonds is 3. The van der Waals surface area contributed by atoms with Gasteiger partial charge in [0.2, 0.25) is 5.91 Å². The van der Waals surface area contributed by atoms with Crippen LogP contribution in [0.4, 0.5) is 5.82 Å². The van der Waals surface area contributed by atoms with E-state index in [4.69, 9.17) is 0 Å². The third kappa shape index (κ3) is 3.50. The molecule has 2 saturated heterocycles. The van der Waals surface area contributed by atoms with Gasteiger partial charge in [-0.25, -0.2) is 4.98 Å². The van der Waals surface area contributed by atoms with Crippen LogP contribution in [-0.2, 0) is 4.79 Å². The quantitative estimate of drug-likeness (QED) is 0.858. The van der Waals surface area contributed by atoms with Crippen molar-refractivity contribution in [3.8, 4) is 0 Å². The molecule has 0 aromatic carbocycles. The molecule has 1 aromatic rings. The average Bonchev–Trinajstić information content (AvgIpc) is 3.04. The van der Waals surface area contributed by atoms with Crippen molar-refractivity contribution in [1.29, 1.82) is 0 Å². The Morgan fingerprint density at radius 3 is 2.61 bits per heavy atom. The zero-order chi connectivity index (χ0) is 16.4. The second kappa shape index (κ2) is 6.87. The van der Waals surface area contributed by atoms with Gasteiger partial charge in [-0.1, -0.05) is 0 Å². The highest BCUT2D eigenvalue weighted by Gasteiger charge is 2.34. The molecule has 0 bridgehead atoms. The Morgan fingerprint density at radius 1 is 1.22 bits per heavy atom. The average molecular weight is 316 g/mol. The number of pyridine rings is 1. The highest BCUT2D eigenvalue weighted by Crippen LogP contribution is 2.36. The maximum Gasteiger partial charge on any atom is 0.219 e. The van der Waals surface area contributed by atoms with Crippen LogP contribution in [0.25, 0.3) is 0 Å². The lowest BCUT2D eigenvalue weighted by atomic mass is 9.99. The van der Waals surface area contributed by atoms with Crippen LogP contribution >= 0.6 is 0 Å². The molecule has 3 rings (SSSR count). The molecule has 3 heterocycles. The molecule has 2 aliphatic heterocycles. The molecule has 0 radical (unpaired) electrons. The van der Waals surface area contributed by atoms with Gasteiger partial charge in [-0.3, -0.25) is 9.69 Å². The predicted octanol–water partition coefficient (Wildman–Crippen LogP) is 2.30. The van der Waals surface area contributed by atoms with Gasteiger partial charge >= 0.3 is 0 Å². The molecule has 2 fully saturated rings. The summed E-state index contributed by atoms with van der Waals surface area (Å²) in [5, 5.41) is 0. The second-order valence-corrected chi connectivity index (χ2v) is 6.97. The molecule has 5 nitrogen and oxygen atoms in total. The maximum atomic E-state index is 11.5. The third-order valence-electron chi connectivity index (χ3n) is 5.29. The SMILES string of the molecule is CC(=O)N1CCC(N2CCCC2c2ccnc(N(C)C)c2)CC1. The fourth-order valence-electron chi connectivity index (χ4n) is 3.98. The lowest BCUT2D eigenvalue weighted by Gasteiger charge is -2.39. The summed E-state index contributed by atoms with van der Waals surface area (Å²) in [6.45, 7) is 4.67. The van der Waals surface area contributed by atoms with Crippen molar-refractivity contribution < 1.29 is 4.79 Å². The molecule has 1 amide bonds. The first kappa shape index (κ1) is 16.2. The Kier molecular flexibility index (Phi) is 4.85. The van der Waals surface area contributed by atoms with E-state index in [-0.39, 0.29) is 5.91 Å². The van der Waals surface area contributed by atoms with Crippen molar-refractivity contribution in [3.63, 3.8) is 0 Å². The van der Waals surface area contributed by atoms with E-state index < -0.39 is 0 Å². The van der Waals surface area contributed by atoms with Gasteiger partial charge in [0.1, 0.15) is 5.82 Å². The molecule has 1 aromatic heterocycles. The van der Waals surface area contributed by atoms with E-state index in [1.807, 2.05) is 25.2 Å². The lowest BCUT2D eigenvalue weighted by molar-refractivity contribution is -0.130. The summed E-state index contributed by atoms with van der Waals surface area (Å²) >= 11 is 0. The third-order valence-corrected chi connectivity index (χ3v) is 5.29. The summed E-state index contributed by atoms with van der Waals surface area (Å²) in [6.07, 6.45) is 6.62. The van der Waals surface area contributed by atoms with Crippen LogP contribution in [-0.4, -0.2) is 60.5 Å². The Balaban J connectivity index is 1.71. The van der Waals surface area contributed by atoms with Crippen LogP contribution in [0.2, 0.25) is 0 Å². The van der Waals surface area contributed by atoms with Gasteiger partial charge in [0.15, 0.2) is 0 Å². The number of carbonyl (C=O) groups excluding carboxylic acids is 1. The van der Waals surface area contributed by atoms with Crippen LogP contribution in [0.5, 0.6) is 0 Å². The summed E-state index contributed by atoms with van der Waals surface area (Å²) < 4.78 is 0. The fourth-order valence-corrected chi connectivity index (χ4v) is 3.98. The summed E-state index contributed by atoms with van der Waals surface area (Å²) in [6, 6.07) is 5.51. The molecule has 126 valence electrons. The van der Waals surface area contributed by atoms with E-state index in [2.05, 4.69) is 26.9 Å². The van der Waals surface area contributed by atoms with Crippen LogP contribution in [0.15, 0.2) is 18.3 Å². The zero-order valence-corrected chi connectivity index (χ0v) is 14.5. The topological polar surface area (TPSA) is 39.7 Å². The minimum Gasteiger partial charge on any atom is -0.363 e. The molecule has 0 N–H and O–H groups in total. The van der Waals surface area contributed by atoms with E-state index in [1.165, 1.54) is 24.9 Å². The molecule has 1 unspecified atom stereocenters. The van der Waals surface area contributed by atoms with E-state index in [0.29, 0.717) is 12.1 Å². The highest BCUT2D eigenvalue weighted by atomic mass is 16.2. The first-order chi connectivity index (χ1) is 11.1. The predicted molar refractivity (Wildman–Crippen MR) is 92.5 cm³/mol.